The largest absolute Gasteiger partial charge is 0.482 e. The first-order valence-corrected chi connectivity index (χ1v) is 10.1. The molecule has 0 saturated carbocycles. The van der Waals surface area contributed by atoms with Crippen molar-refractivity contribution in [2.75, 3.05) is 29.4 Å². The highest BCUT2D eigenvalue weighted by Gasteiger charge is 2.31. The first kappa shape index (κ1) is 23.1. The molecule has 172 valence electrons. The van der Waals surface area contributed by atoms with E-state index in [4.69, 9.17) is 9.84 Å². The van der Waals surface area contributed by atoms with E-state index in [0.717, 1.165) is 29.2 Å². The Labute approximate surface area is 178 Å². The van der Waals surface area contributed by atoms with Gasteiger partial charge in [-0.3, -0.25) is 19.2 Å². The highest BCUT2D eigenvalue weighted by atomic mass is 32.2. The van der Waals surface area contributed by atoms with Crippen LogP contribution in [0.4, 0.5) is 28.9 Å². The Bertz CT molecular complexity index is 1170. The number of sulfonamides is 1. The number of rotatable bonds is 7. The number of carboxylic acid groups (broad SMARTS) is 1. The van der Waals surface area contributed by atoms with E-state index < -0.39 is 70.0 Å². The van der Waals surface area contributed by atoms with Crippen LogP contribution in [0.3, 0.4) is 0 Å². The summed E-state index contributed by atoms with van der Waals surface area (Å²) >= 11 is 0. The number of aliphatic carboxylic acids is 1. The fourth-order valence-corrected chi connectivity index (χ4v) is 3.81. The van der Waals surface area contributed by atoms with Crippen LogP contribution < -0.4 is 19.1 Å². The van der Waals surface area contributed by atoms with Gasteiger partial charge in [0.05, 0.1) is 16.3 Å². The van der Waals surface area contributed by atoms with Gasteiger partial charge in [0, 0.05) is 6.07 Å². The van der Waals surface area contributed by atoms with Crippen molar-refractivity contribution < 1.29 is 50.1 Å². The van der Waals surface area contributed by atoms with Gasteiger partial charge in [-0.1, -0.05) is 0 Å². The Kier molecular flexibility index (Phi) is 6.16. The first-order chi connectivity index (χ1) is 14.9. The number of hydrogen-bond donors (Lipinski definition) is 2. The zero-order chi connectivity index (χ0) is 23.7. The number of carbonyl (C=O) groups excluding carboxylic acids is 1. The second-order valence-electron chi connectivity index (χ2n) is 6.44. The molecule has 2 N–H and O–H groups in total. The molecule has 0 unspecified atom stereocenters. The van der Waals surface area contributed by atoms with Gasteiger partial charge in [-0.25, -0.2) is 12.8 Å². The predicted octanol–water partition coefficient (Wildman–Crippen LogP) is 2.38. The molecule has 32 heavy (non-hydrogen) atoms. The van der Waals surface area contributed by atoms with Gasteiger partial charge in [0.2, 0.25) is 0 Å². The summed E-state index contributed by atoms with van der Waals surface area (Å²) in [6.45, 7) is -2.95. The molecule has 3 rings (SSSR count). The lowest BCUT2D eigenvalue weighted by Gasteiger charge is -2.28. The number of ether oxygens (including phenoxy) is 2. The molecule has 2 aromatic carbocycles. The fraction of sp³-hybridized carbons (Fsp3) is 0.222. The van der Waals surface area contributed by atoms with Crippen molar-refractivity contribution in [1.29, 1.82) is 0 Å². The Morgan fingerprint density at radius 1 is 1.22 bits per heavy atom. The van der Waals surface area contributed by atoms with Crippen LogP contribution in [0.15, 0.2) is 41.3 Å². The highest BCUT2D eigenvalue weighted by molar-refractivity contribution is 7.92. The third-order valence-corrected chi connectivity index (χ3v) is 5.42. The van der Waals surface area contributed by atoms with Gasteiger partial charge in [0.15, 0.2) is 13.2 Å². The summed E-state index contributed by atoms with van der Waals surface area (Å²) in [5.41, 5.74) is -0.735. The molecule has 0 radical (unpaired) electrons. The quantitative estimate of drug-likeness (QED) is 0.586. The summed E-state index contributed by atoms with van der Waals surface area (Å²) in [6.07, 6.45) is -4.72. The van der Waals surface area contributed by atoms with Gasteiger partial charge in [-0.2, -0.15) is 13.2 Å². The maximum absolute atomic E-state index is 13.6. The molecular weight excluding hydrogens is 464 g/mol. The smallest absolute Gasteiger partial charge is 0.422 e. The van der Waals surface area contributed by atoms with Gasteiger partial charge < -0.3 is 14.6 Å². The zero-order valence-electron chi connectivity index (χ0n) is 15.8. The zero-order valence-corrected chi connectivity index (χ0v) is 16.7. The molecule has 0 spiro atoms. The maximum Gasteiger partial charge on any atom is 0.422 e. The predicted molar refractivity (Wildman–Crippen MR) is 101 cm³/mol. The summed E-state index contributed by atoms with van der Waals surface area (Å²) in [7, 11) is -4.53. The van der Waals surface area contributed by atoms with Crippen molar-refractivity contribution >= 4 is 33.3 Å². The first-order valence-electron chi connectivity index (χ1n) is 8.67. The average molecular weight is 478 g/mol. The van der Waals surface area contributed by atoms with Crippen LogP contribution in [0, 0.1) is 5.82 Å². The molecule has 0 aromatic heterocycles. The molecule has 9 nitrogen and oxygen atoms in total. The Morgan fingerprint density at radius 2 is 1.94 bits per heavy atom. The van der Waals surface area contributed by atoms with E-state index in [2.05, 4.69) is 4.74 Å². The van der Waals surface area contributed by atoms with Crippen LogP contribution in [0.5, 0.6) is 11.5 Å². The van der Waals surface area contributed by atoms with Crippen molar-refractivity contribution in [3.8, 4) is 11.5 Å². The number of hydrogen-bond acceptors (Lipinski definition) is 6. The number of halogens is 4. The van der Waals surface area contributed by atoms with E-state index >= 15 is 0 Å². The normalized spacial score (nSPS) is 13.9. The van der Waals surface area contributed by atoms with Crippen molar-refractivity contribution in [3.63, 3.8) is 0 Å². The lowest BCUT2D eigenvalue weighted by atomic mass is 10.2. The van der Waals surface area contributed by atoms with Gasteiger partial charge >= 0.3 is 12.1 Å². The third-order valence-electron chi connectivity index (χ3n) is 4.05. The standard InChI is InChI=1S/C18H14F4N2O7S/c19-10-1-3-14(31-9-18(20,21)22)12(5-10)23-32(28,29)11-2-4-15-13(6-11)24(7-17(26)27)16(25)8-30-15/h1-6,23H,7-9H2,(H,26,27). The lowest BCUT2D eigenvalue weighted by molar-refractivity contribution is -0.153. The summed E-state index contributed by atoms with van der Waals surface area (Å²) in [6, 6.07) is 5.43. The minimum atomic E-state index is -4.72. The number of fused-ring (bicyclic) bond motifs is 1. The van der Waals surface area contributed by atoms with E-state index in [1.54, 1.807) is 0 Å². The van der Waals surface area contributed by atoms with Crippen molar-refractivity contribution in [2.45, 2.75) is 11.1 Å². The fourth-order valence-electron chi connectivity index (χ4n) is 2.73. The maximum atomic E-state index is 13.6. The van der Waals surface area contributed by atoms with Crippen LogP contribution >= 0.6 is 0 Å². The number of nitrogens with one attached hydrogen (secondary N) is 1. The lowest BCUT2D eigenvalue weighted by Crippen LogP contribution is -2.42. The number of carbonyl (C=O) groups is 2. The topological polar surface area (TPSA) is 122 Å². The molecule has 0 fully saturated rings. The molecule has 1 heterocycles. The molecule has 14 heteroatoms. The number of amides is 1. The highest BCUT2D eigenvalue weighted by Crippen LogP contribution is 2.35. The van der Waals surface area contributed by atoms with E-state index in [0.29, 0.717) is 6.07 Å². The van der Waals surface area contributed by atoms with Crippen LogP contribution in [0.1, 0.15) is 0 Å². The summed E-state index contributed by atoms with van der Waals surface area (Å²) in [5.74, 6) is -3.56. The van der Waals surface area contributed by atoms with Crippen LogP contribution in [-0.2, 0) is 19.6 Å². The number of benzene rings is 2. The van der Waals surface area contributed by atoms with Gasteiger partial charge in [-0.15, -0.1) is 0 Å². The molecule has 0 saturated heterocycles. The van der Waals surface area contributed by atoms with Crippen molar-refractivity contribution in [3.05, 3.63) is 42.2 Å². The SMILES string of the molecule is O=C(O)CN1C(=O)COc2ccc(S(=O)(=O)Nc3cc(F)ccc3OCC(F)(F)F)cc21. The average Bonchev–Trinajstić information content (AvgIpc) is 2.68. The van der Waals surface area contributed by atoms with Crippen molar-refractivity contribution in [1.82, 2.24) is 0 Å². The molecular formula is C18H14F4N2O7S. The molecule has 0 atom stereocenters. The summed E-state index contributed by atoms with van der Waals surface area (Å²) in [4.78, 5) is 23.4. The number of carboxylic acids is 1. The van der Waals surface area contributed by atoms with E-state index in [1.165, 1.54) is 6.07 Å². The van der Waals surface area contributed by atoms with E-state index in [9.17, 15) is 35.6 Å². The molecule has 0 bridgehead atoms. The Hall–Kier alpha value is -3.55. The van der Waals surface area contributed by atoms with Crippen LogP contribution in [0.2, 0.25) is 0 Å². The van der Waals surface area contributed by atoms with Gasteiger partial charge in [-0.05, 0) is 30.3 Å². The van der Waals surface area contributed by atoms with Crippen LogP contribution in [0.25, 0.3) is 0 Å². The van der Waals surface area contributed by atoms with E-state index in [1.807, 2.05) is 4.72 Å². The summed E-state index contributed by atoms with van der Waals surface area (Å²) in [5, 5.41) is 9.00. The number of nitrogens with zero attached hydrogens (tertiary/aromatic N) is 1. The molecule has 1 amide bonds. The molecule has 1 aliphatic rings. The van der Waals surface area contributed by atoms with Crippen LogP contribution in [-0.4, -0.2) is 51.3 Å². The third kappa shape index (κ3) is 5.38. The minimum Gasteiger partial charge on any atom is -0.482 e. The minimum absolute atomic E-state index is 0.0461. The van der Waals surface area contributed by atoms with Gasteiger partial charge in [0.1, 0.15) is 23.9 Å². The molecule has 0 aliphatic carbocycles. The molecule has 2 aromatic rings. The monoisotopic (exact) mass is 478 g/mol. The number of anilines is 2. The Balaban J connectivity index is 1.95. The second kappa shape index (κ2) is 8.53. The van der Waals surface area contributed by atoms with E-state index in [-0.39, 0.29) is 11.4 Å². The number of alkyl halides is 3. The Morgan fingerprint density at radius 3 is 2.59 bits per heavy atom. The van der Waals surface area contributed by atoms with Gasteiger partial charge in [0.25, 0.3) is 15.9 Å². The summed E-state index contributed by atoms with van der Waals surface area (Å²) < 4.78 is 88.2. The molecule has 1 aliphatic heterocycles. The van der Waals surface area contributed by atoms with Crippen molar-refractivity contribution in [2.24, 2.45) is 0 Å². The second-order valence-corrected chi connectivity index (χ2v) is 8.12.